The third kappa shape index (κ3) is 3.60. The number of aromatic nitrogens is 1. The van der Waals surface area contributed by atoms with E-state index in [1.807, 2.05) is 13.8 Å². The van der Waals surface area contributed by atoms with Gasteiger partial charge in [-0.25, -0.2) is 0 Å². The van der Waals surface area contributed by atoms with Gasteiger partial charge in [-0.05, 0) is 25.5 Å². The topological polar surface area (TPSA) is 61.6 Å². The second-order valence-electron chi connectivity index (χ2n) is 4.38. The van der Waals surface area contributed by atoms with Gasteiger partial charge in [0, 0.05) is 12.1 Å². The van der Waals surface area contributed by atoms with Crippen LogP contribution < -0.4 is 9.47 Å². The molecule has 20 heavy (non-hydrogen) atoms. The number of rotatable bonds is 7. The van der Waals surface area contributed by atoms with Crippen molar-refractivity contribution in [3.05, 3.63) is 41.3 Å². The standard InChI is InChI=1S/C15H17NO4/c1-3-6-18-14-5-4-12(9-17)15(8-14)19-10-13-7-11(2)20-16-13/h4-5,7-9H,3,6,10H2,1-2H3. The van der Waals surface area contributed by atoms with Crippen LogP contribution in [-0.4, -0.2) is 18.0 Å². The smallest absolute Gasteiger partial charge is 0.153 e. The molecule has 1 aromatic heterocycles. The highest BCUT2D eigenvalue weighted by Crippen LogP contribution is 2.24. The van der Waals surface area contributed by atoms with E-state index >= 15 is 0 Å². The van der Waals surface area contributed by atoms with Crippen LogP contribution in [0.5, 0.6) is 11.5 Å². The summed E-state index contributed by atoms with van der Waals surface area (Å²) in [6.45, 7) is 4.72. The third-order valence-corrected chi connectivity index (χ3v) is 2.64. The summed E-state index contributed by atoms with van der Waals surface area (Å²) in [5.74, 6) is 1.89. The van der Waals surface area contributed by atoms with E-state index in [2.05, 4.69) is 5.16 Å². The van der Waals surface area contributed by atoms with Crippen molar-refractivity contribution in [1.82, 2.24) is 5.16 Å². The lowest BCUT2D eigenvalue weighted by atomic mass is 10.2. The number of hydrogen-bond donors (Lipinski definition) is 0. The lowest BCUT2D eigenvalue weighted by Gasteiger charge is -2.10. The lowest BCUT2D eigenvalue weighted by Crippen LogP contribution is -2.00. The van der Waals surface area contributed by atoms with Crippen LogP contribution >= 0.6 is 0 Å². The molecule has 0 aliphatic heterocycles. The lowest BCUT2D eigenvalue weighted by molar-refractivity contribution is 0.111. The van der Waals surface area contributed by atoms with Crippen molar-refractivity contribution >= 4 is 6.29 Å². The summed E-state index contributed by atoms with van der Waals surface area (Å²) in [6.07, 6.45) is 1.68. The average molecular weight is 275 g/mol. The summed E-state index contributed by atoms with van der Waals surface area (Å²) in [4.78, 5) is 11.0. The van der Waals surface area contributed by atoms with Gasteiger partial charge in [-0.1, -0.05) is 12.1 Å². The number of benzene rings is 1. The van der Waals surface area contributed by atoms with E-state index in [9.17, 15) is 4.79 Å². The van der Waals surface area contributed by atoms with Crippen LogP contribution in [-0.2, 0) is 6.61 Å². The van der Waals surface area contributed by atoms with E-state index in [4.69, 9.17) is 14.0 Å². The van der Waals surface area contributed by atoms with Gasteiger partial charge in [0.15, 0.2) is 6.29 Å². The molecule has 0 atom stereocenters. The van der Waals surface area contributed by atoms with E-state index < -0.39 is 0 Å². The van der Waals surface area contributed by atoms with Gasteiger partial charge in [0.05, 0.1) is 12.2 Å². The fraction of sp³-hybridized carbons (Fsp3) is 0.333. The average Bonchev–Trinajstić information content (AvgIpc) is 2.88. The van der Waals surface area contributed by atoms with E-state index in [1.165, 1.54) is 0 Å². The zero-order valence-corrected chi connectivity index (χ0v) is 11.6. The molecule has 5 heteroatoms. The van der Waals surface area contributed by atoms with Gasteiger partial charge >= 0.3 is 0 Å². The Morgan fingerprint density at radius 3 is 2.80 bits per heavy atom. The molecular weight excluding hydrogens is 258 g/mol. The molecule has 0 aliphatic carbocycles. The summed E-state index contributed by atoms with van der Waals surface area (Å²) in [5, 5.41) is 3.84. The molecular formula is C15H17NO4. The number of aldehydes is 1. The zero-order valence-electron chi connectivity index (χ0n) is 11.6. The molecule has 106 valence electrons. The van der Waals surface area contributed by atoms with Gasteiger partial charge in [-0.15, -0.1) is 0 Å². The molecule has 0 saturated carbocycles. The van der Waals surface area contributed by atoms with Crippen molar-refractivity contribution in [2.24, 2.45) is 0 Å². The minimum absolute atomic E-state index is 0.245. The van der Waals surface area contributed by atoms with Gasteiger partial charge in [0.1, 0.15) is 29.6 Å². The molecule has 0 spiro atoms. The Labute approximate surface area is 117 Å². The maximum absolute atomic E-state index is 11.0. The van der Waals surface area contributed by atoms with Gasteiger partial charge in [-0.2, -0.15) is 0 Å². The maximum atomic E-state index is 11.0. The van der Waals surface area contributed by atoms with Crippen molar-refractivity contribution in [2.75, 3.05) is 6.61 Å². The molecule has 5 nitrogen and oxygen atoms in total. The van der Waals surface area contributed by atoms with Crippen molar-refractivity contribution in [2.45, 2.75) is 26.9 Å². The first-order valence-electron chi connectivity index (χ1n) is 6.50. The molecule has 0 radical (unpaired) electrons. The predicted octanol–water partition coefficient (Wildman–Crippen LogP) is 3.16. The number of carbonyl (C=O) groups is 1. The van der Waals surface area contributed by atoms with Crippen LogP contribution in [0.25, 0.3) is 0 Å². The van der Waals surface area contributed by atoms with Crippen LogP contribution in [0.4, 0.5) is 0 Å². The number of hydrogen-bond acceptors (Lipinski definition) is 5. The third-order valence-electron chi connectivity index (χ3n) is 2.64. The Bertz CT molecular complexity index is 577. The monoisotopic (exact) mass is 275 g/mol. The van der Waals surface area contributed by atoms with Gasteiger partial charge in [-0.3, -0.25) is 4.79 Å². The van der Waals surface area contributed by atoms with E-state index in [-0.39, 0.29) is 6.61 Å². The molecule has 2 aromatic rings. The normalized spacial score (nSPS) is 10.3. The predicted molar refractivity (Wildman–Crippen MR) is 73.2 cm³/mol. The van der Waals surface area contributed by atoms with Crippen molar-refractivity contribution < 1.29 is 18.8 Å². The largest absolute Gasteiger partial charge is 0.493 e. The first kappa shape index (κ1) is 14.1. The summed E-state index contributed by atoms with van der Waals surface area (Å²) in [5.41, 5.74) is 1.16. The molecule has 0 N–H and O–H groups in total. The first-order chi connectivity index (χ1) is 9.72. The van der Waals surface area contributed by atoms with Crippen LogP contribution in [0.1, 0.15) is 35.2 Å². The van der Waals surface area contributed by atoms with E-state index in [0.717, 1.165) is 18.5 Å². The molecule has 0 amide bonds. The van der Waals surface area contributed by atoms with Gasteiger partial charge in [0.25, 0.3) is 0 Å². The van der Waals surface area contributed by atoms with Crippen LogP contribution in [0.3, 0.4) is 0 Å². The number of ether oxygens (including phenoxy) is 2. The highest BCUT2D eigenvalue weighted by Gasteiger charge is 2.08. The molecule has 1 heterocycles. The zero-order chi connectivity index (χ0) is 14.4. The quantitative estimate of drug-likeness (QED) is 0.726. The summed E-state index contributed by atoms with van der Waals surface area (Å²) >= 11 is 0. The Morgan fingerprint density at radius 2 is 2.15 bits per heavy atom. The number of carbonyl (C=O) groups excluding carboxylic acids is 1. The minimum atomic E-state index is 0.245. The maximum Gasteiger partial charge on any atom is 0.153 e. The van der Waals surface area contributed by atoms with Gasteiger partial charge < -0.3 is 14.0 Å². The Balaban J connectivity index is 2.09. The molecule has 0 aliphatic rings. The van der Waals surface area contributed by atoms with Crippen LogP contribution in [0.15, 0.2) is 28.8 Å². The van der Waals surface area contributed by atoms with Crippen LogP contribution in [0.2, 0.25) is 0 Å². The molecule has 0 fully saturated rings. The molecule has 2 rings (SSSR count). The minimum Gasteiger partial charge on any atom is -0.493 e. The Hall–Kier alpha value is -2.30. The second kappa shape index (κ2) is 6.75. The van der Waals surface area contributed by atoms with Crippen molar-refractivity contribution in [1.29, 1.82) is 0 Å². The summed E-state index contributed by atoms with van der Waals surface area (Å²) in [7, 11) is 0. The van der Waals surface area contributed by atoms with Crippen LogP contribution in [0, 0.1) is 6.92 Å². The SMILES string of the molecule is CCCOc1ccc(C=O)c(OCc2cc(C)on2)c1. The highest BCUT2D eigenvalue weighted by atomic mass is 16.5. The molecule has 1 aromatic carbocycles. The molecule has 0 saturated heterocycles. The summed E-state index contributed by atoms with van der Waals surface area (Å²) < 4.78 is 16.1. The van der Waals surface area contributed by atoms with Crippen molar-refractivity contribution in [3.8, 4) is 11.5 Å². The Kier molecular flexibility index (Phi) is 4.76. The first-order valence-corrected chi connectivity index (χ1v) is 6.50. The van der Waals surface area contributed by atoms with Crippen molar-refractivity contribution in [3.63, 3.8) is 0 Å². The number of nitrogens with zero attached hydrogens (tertiary/aromatic N) is 1. The molecule has 0 bridgehead atoms. The fourth-order valence-corrected chi connectivity index (χ4v) is 1.68. The highest BCUT2D eigenvalue weighted by molar-refractivity contribution is 5.79. The fourth-order valence-electron chi connectivity index (χ4n) is 1.68. The van der Waals surface area contributed by atoms with E-state index in [1.54, 1.807) is 24.3 Å². The molecule has 0 unspecified atom stereocenters. The Morgan fingerprint density at radius 1 is 1.30 bits per heavy atom. The summed E-state index contributed by atoms with van der Waals surface area (Å²) in [6, 6.07) is 6.94. The second-order valence-corrected chi connectivity index (χ2v) is 4.38. The number of aryl methyl sites for hydroxylation is 1. The van der Waals surface area contributed by atoms with Gasteiger partial charge in [0.2, 0.25) is 0 Å². The van der Waals surface area contributed by atoms with E-state index in [0.29, 0.717) is 29.4 Å².